The summed E-state index contributed by atoms with van der Waals surface area (Å²) in [4.78, 5) is 0. The topological polar surface area (TPSA) is 0 Å². The Bertz CT molecular complexity index is 8.00. The Morgan fingerprint density at radius 1 is 1.00 bits per heavy atom. The first-order valence-corrected chi connectivity index (χ1v) is 0. The first kappa shape index (κ1) is 34.2. The number of hydrogen-bond acceptors (Lipinski definition) is 0. The average Bonchev–Trinajstić information content (AvgIpc) is 0. The fourth-order valence-electron chi connectivity index (χ4n) is 0. The molecular weight excluding hydrogens is 349 g/mol. The smallest absolute Gasteiger partial charge is 0 e. The van der Waals surface area contributed by atoms with Gasteiger partial charge in [0.05, 0.1) is 0 Å². The van der Waals surface area contributed by atoms with Crippen LogP contribution in [0.1, 0.15) is 0 Å². The van der Waals surface area contributed by atoms with Crippen LogP contribution in [0.5, 0.6) is 0 Å². The van der Waals surface area contributed by atoms with Gasteiger partial charge in [0.25, 0.3) is 0 Å². The summed E-state index contributed by atoms with van der Waals surface area (Å²) in [6.07, 6.45) is 0. The molecule has 0 heterocycles. The normalized spacial score (nSPS) is 0. The maximum Gasteiger partial charge on any atom is 0 e. The van der Waals surface area contributed by atoms with E-state index in [9.17, 15) is 0 Å². The second kappa shape index (κ2) is 18.8. The minimum Gasteiger partial charge on any atom is 0 e. The second-order valence-electron chi connectivity index (χ2n) is 0. The molecule has 0 spiro atoms. The van der Waals surface area contributed by atoms with E-state index in [1.54, 1.807) is 0 Å². The average molecular weight is 349 g/mol. The van der Waals surface area contributed by atoms with E-state index < -0.39 is 0 Å². The van der Waals surface area contributed by atoms with E-state index in [1.165, 1.54) is 0 Å². The van der Waals surface area contributed by atoms with E-state index in [4.69, 9.17) is 0 Å². The fraction of sp³-hybridized carbons (Fsp3) is 0. The second-order valence-corrected chi connectivity index (χ2v) is 0. The van der Waals surface area contributed by atoms with Crippen molar-refractivity contribution in [2.75, 3.05) is 0 Å². The van der Waals surface area contributed by atoms with Crippen molar-refractivity contribution in [3.63, 3.8) is 0 Å². The molecule has 4 heavy (non-hydrogen) atoms. The summed E-state index contributed by atoms with van der Waals surface area (Å²) in [5.41, 5.74) is 0. The molecule has 29 valence electrons. The Kier molecular flexibility index (Phi) is 161. The summed E-state index contributed by atoms with van der Waals surface area (Å²) < 4.78 is 0. The Morgan fingerprint density at radius 2 is 1.00 bits per heavy atom. The predicted molar refractivity (Wildman–Crippen MR) is 0 cm³/mol. The minimum absolute atomic E-state index is 0. The molecule has 0 rings (SSSR count). The van der Waals surface area contributed by atoms with Gasteiger partial charge in [0.2, 0.25) is 0 Å². The third kappa shape index (κ3) is 8.87. The molecule has 0 aliphatic carbocycles. The molecule has 0 saturated carbocycles. The Morgan fingerprint density at radius 3 is 1.00 bits per heavy atom. The molecule has 0 amide bonds. The summed E-state index contributed by atoms with van der Waals surface area (Å²) in [6.45, 7) is 0. The van der Waals surface area contributed by atoms with Gasteiger partial charge in [-0.2, -0.15) is 0 Å². The largest absolute Gasteiger partial charge is 0 e. The number of hydrogen-bond donors (Lipinski definition) is 0. The van der Waals surface area contributed by atoms with Crippen molar-refractivity contribution >= 4 is 0 Å². The predicted octanol–water partition coefficient (Wildman–Crippen LogP) is -0.0100. The van der Waals surface area contributed by atoms with Crippen molar-refractivity contribution in [1.82, 2.24) is 0 Å². The molecule has 0 aliphatic heterocycles. The van der Waals surface area contributed by atoms with Crippen LogP contribution in [0, 0.1) is 0 Å². The standard InChI is InChI=1S/Cr.Mn.Ni.W. The van der Waals surface area contributed by atoms with Crippen molar-refractivity contribution in [1.29, 1.82) is 0 Å². The molecule has 1 radical (unpaired) electrons. The van der Waals surface area contributed by atoms with Crippen LogP contribution in [0.2, 0.25) is 0 Å². The molecule has 0 aliphatic rings. The molecule has 4 heteroatoms. The summed E-state index contributed by atoms with van der Waals surface area (Å²) in [5.74, 6) is 0. The van der Waals surface area contributed by atoms with E-state index in [0.717, 1.165) is 0 Å². The third-order valence-electron chi connectivity index (χ3n) is 0. The van der Waals surface area contributed by atoms with Gasteiger partial charge < -0.3 is 0 Å². The molecule has 0 aromatic heterocycles. The maximum atomic E-state index is 0. The van der Waals surface area contributed by atoms with Crippen molar-refractivity contribution < 1.29 is 72.0 Å². The van der Waals surface area contributed by atoms with Crippen molar-refractivity contribution in [2.45, 2.75) is 0 Å². The molecule has 0 fully saturated rings. The van der Waals surface area contributed by atoms with Crippen LogP contribution in [0.3, 0.4) is 0 Å². The van der Waals surface area contributed by atoms with Crippen LogP contribution in [-0.4, -0.2) is 0 Å². The van der Waals surface area contributed by atoms with Gasteiger partial charge in [-0.25, -0.2) is 0 Å². The summed E-state index contributed by atoms with van der Waals surface area (Å²) in [7, 11) is 0. The fourth-order valence-corrected chi connectivity index (χ4v) is 0. The summed E-state index contributed by atoms with van der Waals surface area (Å²) in [5, 5.41) is 0. The first-order chi connectivity index (χ1) is 0. The molecule has 0 unspecified atom stereocenters. The molecule has 0 aromatic carbocycles. The Labute approximate surface area is 71.3 Å². The summed E-state index contributed by atoms with van der Waals surface area (Å²) in [6, 6.07) is 0. The maximum absolute atomic E-state index is 0. The molecule has 0 aromatic rings. The molecule has 0 N–H and O–H groups in total. The van der Waals surface area contributed by atoms with Gasteiger partial charge in [-0.3, -0.25) is 0 Å². The summed E-state index contributed by atoms with van der Waals surface area (Å²) >= 11 is 0. The van der Waals surface area contributed by atoms with E-state index in [0.29, 0.717) is 0 Å². The van der Waals surface area contributed by atoms with Gasteiger partial charge in [-0.05, 0) is 0 Å². The zero-order valence-corrected chi connectivity index (χ0v) is 7.89. The van der Waals surface area contributed by atoms with Crippen LogP contribution < -0.4 is 0 Å². The van der Waals surface area contributed by atoms with Gasteiger partial charge in [-0.1, -0.05) is 0 Å². The van der Waals surface area contributed by atoms with Gasteiger partial charge in [0, 0.05) is 72.0 Å². The third-order valence-corrected chi connectivity index (χ3v) is 0. The molecular formula is CrMnNiW. The van der Waals surface area contributed by atoms with Crippen molar-refractivity contribution in [3.05, 3.63) is 0 Å². The zero-order chi connectivity index (χ0) is 0. The molecule has 0 bridgehead atoms. The Hall–Kier alpha value is 2.23. The van der Waals surface area contributed by atoms with Crippen molar-refractivity contribution in [2.24, 2.45) is 0 Å². The quantitative estimate of drug-likeness (QED) is 0.540. The van der Waals surface area contributed by atoms with E-state index in [-0.39, 0.29) is 72.0 Å². The van der Waals surface area contributed by atoms with Gasteiger partial charge in [0.15, 0.2) is 0 Å². The van der Waals surface area contributed by atoms with Gasteiger partial charge in [0.1, 0.15) is 0 Å². The first-order valence-electron chi connectivity index (χ1n) is 0. The van der Waals surface area contributed by atoms with Crippen LogP contribution in [0.4, 0.5) is 0 Å². The van der Waals surface area contributed by atoms with Crippen LogP contribution in [0.15, 0.2) is 0 Å². The van der Waals surface area contributed by atoms with Crippen LogP contribution in [0.25, 0.3) is 0 Å². The molecule has 0 saturated heterocycles. The zero-order valence-electron chi connectivity index (χ0n) is 1.51. The van der Waals surface area contributed by atoms with E-state index >= 15 is 0 Å². The Balaban J connectivity index is 0. The number of rotatable bonds is 0. The van der Waals surface area contributed by atoms with Crippen molar-refractivity contribution in [3.8, 4) is 0 Å². The SMILES string of the molecule is [Cr].[Mn].[Ni].[W]. The molecule has 0 atom stereocenters. The molecule has 0 nitrogen and oxygen atoms in total. The van der Waals surface area contributed by atoms with Gasteiger partial charge >= 0.3 is 0 Å². The van der Waals surface area contributed by atoms with E-state index in [1.807, 2.05) is 0 Å². The minimum atomic E-state index is 0. The van der Waals surface area contributed by atoms with Crippen LogP contribution >= 0.6 is 0 Å². The monoisotopic (exact) mass is 349 g/mol. The van der Waals surface area contributed by atoms with E-state index in [2.05, 4.69) is 0 Å². The van der Waals surface area contributed by atoms with Crippen LogP contribution in [-0.2, 0) is 72.0 Å². The van der Waals surface area contributed by atoms with Gasteiger partial charge in [-0.15, -0.1) is 0 Å².